The number of amides is 1. The molecule has 1 aliphatic rings. The van der Waals surface area contributed by atoms with Gasteiger partial charge in [0.05, 0.1) is 27.9 Å². The van der Waals surface area contributed by atoms with Crippen LogP contribution in [0.5, 0.6) is 0 Å². The van der Waals surface area contributed by atoms with Crippen molar-refractivity contribution >= 4 is 33.9 Å². The van der Waals surface area contributed by atoms with Crippen LogP contribution in [0, 0.1) is 11.6 Å². The lowest BCUT2D eigenvalue weighted by atomic mass is 9.89. The van der Waals surface area contributed by atoms with E-state index < -0.39 is 40.8 Å². The number of pyridine rings is 1. The van der Waals surface area contributed by atoms with Gasteiger partial charge in [-0.3, -0.25) is 9.59 Å². The fourth-order valence-electron chi connectivity index (χ4n) is 5.56. The van der Waals surface area contributed by atoms with Crippen LogP contribution in [0.2, 0.25) is 0 Å². The van der Waals surface area contributed by atoms with Gasteiger partial charge in [-0.1, -0.05) is 6.07 Å². The summed E-state index contributed by atoms with van der Waals surface area (Å²) < 4.78 is 80.7. The number of anilines is 1. The lowest BCUT2D eigenvalue weighted by molar-refractivity contribution is -0.137. The minimum Gasteiger partial charge on any atom is -0.394 e. The third kappa shape index (κ3) is 3.95. The smallest absolute Gasteiger partial charge is 0.394 e. The number of aromatic nitrogens is 3. The maximum absolute atomic E-state index is 14.7. The number of nitrogens with zero attached hydrogens (tertiary/aromatic N) is 4. The number of halogens is 5. The van der Waals surface area contributed by atoms with Crippen molar-refractivity contribution in [1.82, 2.24) is 18.9 Å². The summed E-state index contributed by atoms with van der Waals surface area (Å²) in [6, 6.07) is 6.82. The first-order valence-electron chi connectivity index (χ1n) is 12.6. The number of nitrogen functional groups attached to an aromatic ring is 1. The van der Waals surface area contributed by atoms with E-state index in [4.69, 9.17) is 10.5 Å². The number of ketones is 1. The first kappa shape index (κ1) is 27.4. The molecule has 0 saturated carbocycles. The summed E-state index contributed by atoms with van der Waals surface area (Å²) in [6.07, 6.45) is -3.41. The lowest BCUT2D eigenvalue weighted by Crippen LogP contribution is -2.29. The highest BCUT2D eigenvalue weighted by molar-refractivity contribution is 6.15. The normalized spacial score (nSPS) is 13.5. The summed E-state index contributed by atoms with van der Waals surface area (Å²) in [6.45, 7) is -0.0758. The molecule has 0 unspecified atom stereocenters. The molecule has 13 heteroatoms. The van der Waals surface area contributed by atoms with Gasteiger partial charge in [0.1, 0.15) is 35.3 Å². The zero-order chi connectivity index (χ0) is 30.2. The third-order valence-corrected chi connectivity index (χ3v) is 7.53. The van der Waals surface area contributed by atoms with Gasteiger partial charge in [-0.2, -0.15) is 13.2 Å². The van der Waals surface area contributed by atoms with Gasteiger partial charge < -0.3 is 24.3 Å². The molecule has 2 aromatic carbocycles. The van der Waals surface area contributed by atoms with E-state index in [1.54, 1.807) is 7.05 Å². The van der Waals surface area contributed by atoms with Crippen molar-refractivity contribution in [2.75, 3.05) is 19.9 Å². The van der Waals surface area contributed by atoms with Crippen LogP contribution >= 0.6 is 0 Å². The molecule has 0 spiro atoms. The molecule has 1 amide bonds. The lowest BCUT2D eigenvalue weighted by Gasteiger charge is -2.25. The Labute approximate surface area is 234 Å². The molecular formula is C29H22F5N5O3. The Morgan fingerprint density at radius 2 is 1.79 bits per heavy atom. The maximum atomic E-state index is 14.7. The second-order valence-electron chi connectivity index (χ2n) is 10.1. The number of rotatable bonds is 4. The van der Waals surface area contributed by atoms with Crippen LogP contribution in [0.25, 0.3) is 27.7 Å². The van der Waals surface area contributed by atoms with Crippen LogP contribution in [0.1, 0.15) is 43.4 Å². The van der Waals surface area contributed by atoms with Gasteiger partial charge in [0, 0.05) is 50.6 Å². The molecule has 4 heterocycles. The first-order chi connectivity index (χ1) is 19.8. The average Bonchev–Trinajstić information content (AvgIpc) is 3.46. The summed E-state index contributed by atoms with van der Waals surface area (Å²) in [5, 5.41) is 0. The fraction of sp³-hybridized carbons (Fsp3) is 0.207. The molecule has 216 valence electrons. The third-order valence-electron chi connectivity index (χ3n) is 7.53. The van der Waals surface area contributed by atoms with Crippen LogP contribution in [0.3, 0.4) is 0 Å². The highest BCUT2D eigenvalue weighted by Crippen LogP contribution is 2.46. The SMILES string of the molecule is COCc1nc2c3c(c(C(F)(F)F)cc2n1C)-c1cccn2c(C(=O)c4cc(F)c(N)c(F)c4)cc(c12)CN(C)C3=O. The Morgan fingerprint density at radius 3 is 2.43 bits per heavy atom. The Kier molecular flexibility index (Phi) is 6.12. The van der Waals surface area contributed by atoms with Crippen LogP contribution in [0.4, 0.5) is 27.6 Å². The zero-order valence-electron chi connectivity index (χ0n) is 22.4. The fourth-order valence-corrected chi connectivity index (χ4v) is 5.56. The van der Waals surface area contributed by atoms with Gasteiger partial charge in [-0.05, 0) is 35.9 Å². The number of benzene rings is 2. The van der Waals surface area contributed by atoms with Crippen molar-refractivity contribution in [2.45, 2.75) is 19.3 Å². The monoisotopic (exact) mass is 583 g/mol. The molecule has 0 atom stereocenters. The number of ether oxygens (including phenoxy) is 1. The number of fused-ring (bicyclic) bond motifs is 4. The molecule has 0 aliphatic carbocycles. The highest BCUT2D eigenvalue weighted by atomic mass is 19.4. The van der Waals surface area contributed by atoms with E-state index in [1.165, 1.54) is 52.4 Å². The second kappa shape index (κ2) is 9.38. The van der Waals surface area contributed by atoms with Crippen molar-refractivity contribution in [3.8, 4) is 11.1 Å². The van der Waals surface area contributed by atoms with Crippen LogP contribution in [0.15, 0.2) is 42.6 Å². The number of imidazole rings is 1. The summed E-state index contributed by atoms with van der Waals surface area (Å²) in [5.41, 5.74) is 3.33. The van der Waals surface area contributed by atoms with E-state index in [0.717, 1.165) is 18.2 Å². The van der Waals surface area contributed by atoms with E-state index in [-0.39, 0.29) is 57.6 Å². The second-order valence-corrected chi connectivity index (χ2v) is 10.1. The predicted molar refractivity (Wildman–Crippen MR) is 143 cm³/mol. The first-order valence-corrected chi connectivity index (χ1v) is 12.6. The van der Waals surface area contributed by atoms with E-state index >= 15 is 0 Å². The molecule has 8 nitrogen and oxygen atoms in total. The number of hydrogen-bond acceptors (Lipinski definition) is 5. The topological polar surface area (TPSA) is 94.9 Å². The van der Waals surface area contributed by atoms with Crippen molar-refractivity contribution in [1.29, 1.82) is 0 Å². The van der Waals surface area contributed by atoms with E-state index in [0.29, 0.717) is 11.4 Å². The molecule has 1 aliphatic heterocycles. The molecule has 2 N–H and O–H groups in total. The summed E-state index contributed by atoms with van der Waals surface area (Å²) in [7, 11) is 4.39. The van der Waals surface area contributed by atoms with E-state index in [1.807, 2.05) is 0 Å². The Hall–Kier alpha value is -4.78. The molecule has 6 rings (SSSR count). The van der Waals surface area contributed by atoms with Gasteiger partial charge in [-0.25, -0.2) is 13.8 Å². The van der Waals surface area contributed by atoms with E-state index in [2.05, 4.69) is 4.98 Å². The number of nitrogens with two attached hydrogens (primary N) is 1. The summed E-state index contributed by atoms with van der Waals surface area (Å²) >= 11 is 0. The Morgan fingerprint density at radius 1 is 1.10 bits per heavy atom. The summed E-state index contributed by atoms with van der Waals surface area (Å²) in [4.78, 5) is 33.1. The largest absolute Gasteiger partial charge is 0.417 e. The number of carbonyl (C=O) groups is 2. The molecule has 42 heavy (non-hydrogen) atoms. The number of aryl methyl sites for hydroxylation is 1. The standard InChI is InChI=1S/C29H22F5N5O3/c1-37-11-14-9-20(27(40)13-7-17(30)24(35)18(31)8-13)39-6-4-5-15(26(14)39)22-16(29(32,33)34)10-19-25(23(22)28(37)41)36-21(12-42-3)38(19)2/h4-10H,11-12,35H2,1-3H3. The van der Waals surface area contributed by atoms with Crippen molar-refractivity contribution in [3.63, 3.8) is 0 Å². The minimum absolute atomic E-state index is 0.00155. The molecule has 0 radical (unpaired) electrons. The predicted octanol–water partition coefficient (Wildman–Crippen LogP) is 5.34. The van der Waals surface area contributed by atoms with Crippen molar-refractivity contribution in [2.24, 2.45) is 7.05 Å². The molecule has 0 saturated heterocycles. The Bertz CT molecular complexity index is 1950. The number of hydrogen-bond donors (Lipinski definition) is 1. The number of carbonyl (C=O) groups excluding carboxylic acids is 2. The van der Waals surface area contributed by atoms with Crippen LogP contribution < -0.4 is 5.73 Å². The van der Waals surface area contributed by atoms with Gasteiger partial charge in [0.2, 0.25) is 5.78 Å². The quantitative estimate of drug-likeness (QED) is 0.175. The highest BCUT2D eigenvalue weighted by Gasteiger charge is 2.40. The minimum atomic E-state index is -4.88. The molecule has 3 aromatic heterocycles. The van der Waals surface area contributed by atoms with Gasteiger partial charge in [0.25, 0.3) is 5.91 Å². The van der Waals surface area contributed by atoms with E-state index in [9.17, 15) is 31.5 Å². The number of methoxy groups -OCH3 is 1. The molecular weight excluding hydrogens is 561 g/mol. The number of alkyl halides is 3. The summed E-state index contributed by atoms with van der Waals surface area (Å²) in [5.74, 6) is -3.42. The van der Waals surface area contributed by atoms with Crippen molar-refractivity contribution < 1.29 is 36.3 Å². The van der Waals surface area contributed by atoms with Crippen LogP contribution in [-0.2, 0) is 31.1 Å². The van der Waals surface area contributed by atoms with Crippen molar-refractivity contribution in [3.05, 3.63) is 88.0 Å². The molecule has 0 fully saturated rings. The van der Waals surface area contributed by atoms with Gasteiger partial charge in [0.15, 0.2) is 0 Å². The maximum Gasteiger partial charge on any atom is 0.417 e. The van der Waals surface area contributed by atoms with Gasteiger partial charge in [-0.15, -0.1) is 0 Å². The molecule has 5 aromatic rings. The van der Waals surface area contributed by atoms with Crippen LogP contribution in [-0.4, -0.2) is 44.7 Å². The zero-order valence-corrected chi connectivity index (χ0v) is 22.4. The average molecular weight is 584 g/mol. The Balaban J connectivity index is 1.71. The molecule has 0 bridgehead atoms. The van der Waals surface area contributed by atoms with Gasteiger partial charge >= 0.3 is 6.18 Å².